The highest BCUT2D eigenvalue weighted by atomic mass is 32.2. The molecule has 0 saturated carbocycles. The zero-order valence-corrected chi connectivity index (χ0v) is 25.7. The first-order valence-corrected chi connectivity index (χ1v) is 16.2. The average molecular weight is 678 g/mol. The van der Waals surface area contributed by atoms with Gasteiger partial charge in [0.2, 0.25) is 5.91 Å². The quantitative estimate of drug-likeness (QED) is 0.0525. The van der Waals surface area contributed by atoms with Gasteiger partial charge in [0.05, 0.1) is 11.9 Å². The molecule has 1 fully saturated rings. The minimum absolute atomic E-state index is 0.116. The molecule has 0 aliphatic carbocycles. The summed E-state index contributed by atoms with van der Waals surface area (Å²) >= 11 is 5.07. The lowest BCUT2D eigenvalue weighted by Gasteiger charge is -2.49. The molecule has 16 nitrogen and oxygen atoms in total. The summed E-state index contributed by atoms with van der Waals surface area (Å²) in [5.41, 5.74) is 8.83. The van der Waals surface area contributed by atoms with Gasteiger partial charge in [-0.1, -0.05) is 23.1 Å². The molecule has 20 heteroatoms. The maximum atomic E-state index is 13.4. The van der Waals surface area contributed by atoms with Gasteiger partial charge in [-0.2, -0.15) is 5.10 Å². The van der Waals surface area contributed by atoms with E-state index in [1.165, 1.54) is 64.7 Å². The summed E-state index contributed by atoms with van der Waals surface area (Å²) in [5, 5.41) is 47.5. The number of carboxylic acids is 1. The van der Waals surface area contributed by atoms with E-state index in [0.29, 0.717) is 27.0 Å². The number of rotatable bonds is 10. The van der Waals surface area contributed by atoms with Gasteiger partial charge in [-0.3, -0.25) is 14.5 Å². The lowest BCUT2D eigenvalue weighted by molar-refractivity contribution is -0.151. The number of aryl methyl sites for hydroxylation is 1. The first-order chi connectivity index (χ1) is 21.0. The number of nitrogen functional groups attached to an aromatic ring is 1. The Morgan fingerprint density at radius 1 is 1.27 bits per heavy atom. The number of β-lactam (4-membered cyclic amide) rings is 1. The van der Waals surface area contributed by atoms with Crippen molar-refractivity contribution in [1.29, 1.82) is 0 Å². The number of thiazole rings is 1. The maximum Gasteiger partial charge on any atom is 0.352 e. The number of aliphatic carboxylic acids is 1. The molecule has 2 aliphatic rings. The van der Waals surface area contributed by atoms with Crippen LogP contribution in [0, 0.1) is 6.92 Å². The number of carboxylic acid groups (broad SMARTS) is 1. The van der Waals surface area contributed by atoms with E-state index in [4.69, 9.17) is 5.73 Å². The number of hydrazone groups is 1. The Hall–Kier alpha value is -4.40. The summed E-state index contributed by atoms with van der Waals surface area (Å²) in [6, 6.07) is 0.595. The van der Waals surface area contributed by atoms with E-state index in [2.05, 4.69) is 36.3 Å². The van der Waals surface area contributed by atoms with E-state index in [1.807, 2.05) is 6.92 Å². The first-order valence-electron chi connectivity index (χ1n) is 12.5. The van der Waals surface area contributed by atoms with Crippen molar-refractivity contribution < 1.29 is 34.5 Å². The summed E-state index contributed by atoms with van der Waals surface area (Å²) in [6.07, 6.45) is 1.20. The third-order valence-electron chi connectivity index (χ3n) is 6.18. The zero-order chi connectivity index (χ0) is 31.5. The number of phenolic OH excluding ortho intramolecular Hbond substituents is 2. The molecule has 2 aliphatic heterocycles. The molecule has 0 radical (unpaired) electrons. The number of urea groups is 1. The van der Waals surface area contributed by atoms with E-state index in [1.54, 1.807) is 0 Å². The van der Waals surface area contributed by atoms with Gasteiger partial charge in [0.15, 0.2) is 27.0 Å². The van der Waals surface area contributed by atoms with Gasteiger partial charge < -0.3 is 31.7 Å². The number of carbonyl (C=O) groups excluding carboxylic acids is 3. The van der Waals surface area contributed by atoms with Crippen LogP contribution in [0.3, 0.4) is 0 Å². The minimum Gasteiger partial charge on any atom is -0.504 e. The van der Waals surface area contributed by atoms with Crippen molar-refractivity contribution >= 4 is 81.4 Å². The van der Waals surface area contributed by atoms with Gasteiger partial charge in [-0.25, -0.2) is 20.0 Å². The molecule has 2 unspecified atom stereocenters. The third-order valence-corrected chi connectivity index (χ3v) is 10.3. The molecule has 3 atom stereocenters. The molecule has 2 aromatic heterocycles. The predicted molar refractivity (Wildman–Crippen MR) is 163 cm³/mol. The summed E-state index contributed by atoms with van der Waals surface area (Å²) in [5.74, 6) is -2.71. The number of anilines is 1. The van der Waals surface area contributed by atoms with E-state index in [0.717, 1.165) is 21.2 Å². The van der Waals surface area contributed by atoms with Gasteiger partial charge in [-0.05, 0) is 36.3 Å². The SMILES string of the molecule is Cc1nnc(SCC2=C(C(=O)O)N3C(=O)C(NC(=O)C(NC(=O)NN=Cc4ccc(O)c(O)c4)c4csc(N)n4)[C@H]3SC2)s1. The number of phenols is 2. The van der Waals surface area contributed by atoms with Crippen molar-refractivity contribution in [3.8, 4) is 11.5 Å². The van der Waals surface area contributed by atoms with Crippen molar-refractivity contribution in [3.63, 3.8) is 0 Å². The predicted octanol–water partition coefficient (Wildman–Crippen LogP) is 1.20. The van der Waals surface area contributed by atoms with Crippen LogP contribution in [0.4, 0.5) is 9.93 Å². The molecular weight excluding hydrogens is 655 g/mol. The van der Waals surface area contributed by atoms with Gasteiger partial charge in [0.25, 0.3) is 5.91 Å². The summed E-state index contributed by atoms with van der Waals surface area (Å²) in [4.78, 5) is 56.6. The number of aromatic hydroxyl groups is 2. The Kier molecular flexibility index (Phi) is 9.22. The van der Waals surface area contributed by atoms with Crippen molar-refractivity contribution in [3.05, 3.63) is 51.1 Å². The Bertz CT molecular complexity index is 1690. The number of carbonyl (C=O) groups is 4. The number of fused-ring (bicyclic) bond motifs is 1. The molecule has 1 aromatic carbocycles. The van der Waals surface area contributed by atoms with Crippen LogP contribution in [-0.4, -0.2) is 88.4 Å². The molecule has 0 bridgehead atoms. The molecule has 1 saturated heterocycles. The average Bonchev–Trinajstić information content (AvgIpc) is 3.61. The van der Waals surface area contributed by atoms with E-state index >= 15 is 0 Å². The Morgan fingerprint density at radius 3 is 2.73 bits per heavy atom. The highest BCUT2D eigenvalue weighted by molar-refractivity contribution is 8.01. The monoisotopic (exact) mass is 677 g/mol. The number of hydrogen-bond donors (Lipinski definition) is 7. The van der Waals surface area contributed by atoms with Crippen LogP contribution < -0.4 is 21.8 Å². The Labute approximate surface area is 264 Å². The zero-order valence-electron chi connectivity index (χ0n) is 22.5. The number of nitrogens with one attached hydrogen (secondary N) is 3. The topological polar surface area (TPSA) is 245 Å². The van der Waals surface area contributed by atoms with Gasteiger partial charge in [0, 0.05) is 16.9 Å². The number of hydrogen-bond acceptors (Lipinski definition) is 15. The van der Waals surface area contributed by atoms with Gasteiger partial charge >= 0.3 is 12.0 Å². The minimum atomic E-state index is -1.37. The van der Waals surface area contributed by atoms with E-state index in [-0.39, 0.29) is 28.0 Å². The number of aromatic nitrogens is 3. The molecule has 4 amide bonds. The fourth-order valence-electron chi connectivity index (χ4n) is 4.17. The molecule has 230 valence electrons. The smallest absolute Gasteiger partial charge is 0.352 e. The van der Waals surface area contributed by atoms with Crippen LogP contribution in [0.1, 0.15) is 22.3 Å². The van der Waals surface area contributed by atoms with Crippen LogP contribution in [0.2, 0.25) is 0 Å². The normalized spacial score (nSPS) is 18.5. The number of nitrogens with two attached hydrogens (primary N) is 1. The standard InChI is InChI=1S/C24H23N9O7S4/c1-9-30-32-24(44-9)43-7-11-6-41-20-16(19(37)33(20)17(11)21(38)39)28-18(36)15(12-8-42-22(25)27-12)29-23(40)31-26-5-10-2-3-13(34)14(35)4-10/h2-5,8,15-16,20,34-35H,6-7H2,1H3,(H2,25,27)(H,28,36)(H,38,39)(H2,29,31,40)/t15?,16?,20-/m1/s1. The second-order valence-electron chi connectivity index (χ2n) is 9.16. The lowest BCUT2D eigenvalue weighted by atomic mass is 10.0. The highest BCUT2D eigenvalue weighted by Gasteiger charge is 2.54. The van der Waals surface area contributed by atoms with Crippen molar-refractivity contribution in [2.24, 2.45) is 5.10 Å². The molecule has 3 aromatic rings. The molecule has 0 spiro atoms. The van der Waals surface area contributed by atoms with Crippen LogP contribution in [0.5, 0.6) is 11.5 Å². The van der Waals surface area contributed by atoms with Crippen LogP contribution in [-0.2, 0) is 14.4 Å². The molecule has 44 heavy (non-hydrogen) atoms. The number of thioether (sulfide) groups is 2. The lowest BCUT2D eigenvalue weighted by Crippen LogP contribution is -2.71. The highest BCUT2D eigenvalue weighted by Crippen LogP contribution is 2.42. The van der Waals surface area contributed by atoms with Crippen LogP contribution in [0.15, 0.2) is 44.3 Å². The van der Waals surface area contributed by atoms with E-state index < -0.39 is 41.3 Å². The second-order valence-corrected chi connectivity index (χ2v) is 13.6. The third kappa shape index (κ3) is 6.72. The number of nitrogens with zero attached hydrogens (tertiary/aromatic N) is 5. The summed E-state index contributed by atoms with van der Waals surface area (Å²) in [7, 11) is 0. The van der Waals surface area contributed by atoms with Crippen LogP contribution in [0.25, 0.3) is 0 Å². The first kappa shape index (κ1) is 31.0. The summed E-state index contributed by atoms with van der Waals surface area (Å²) in [6.45, 7) is 1.81. The van der Waals surface area contributed by atoms with Crippen LogP contribution >= 0.6 is 46.2 Å². The Balaban J connectivity index is 1.25. The number of benzene rings is 1. The fraction of sp³-hybridized carbons (Fsp3) is 0.250. The summed E-state index contributed by atoms with van der Waals surface area (Å²) < 4.78 is 0.683. The van der Waals surface area contributed by atoms with Crippen molar-refractivity contribution in [2.75, 3.05) is 17.2 Å². The Morgan fingerprint density at radius 2 is 2.07 bits per heavy atom. The van der Waals surface area contributed by atoms with Crippen molar-refractivity contribution in [2.45, 2.75) is 28.7 Å². The van der Waals surface area contributed by atoms with Gasteiger partial charge in [-0.15, -0.1) is 33.3 Å². The van der Waals surface area contributed by atoms with Crippen molar-refractivity contribution in [1.82, 2.24) is 36.1 Å². The molecule has 8 N–H and O–H groups in total. The maximum absolute atomic E-state index is 13.4. The van der Waals surface area contributed by atoms with E-state index in [9.17, 15) is 34.5 Å². The largest absolute Gasteiger partial charge is 0.504 e. The number of amides is 4. The molecular formula is C24H23N9O7S4. The molecule has 4 heterocycles. The fourth-order valence-corrected chi connectivity index (χ4v) is 8.06. The molecule has 5 rings (SSSR count). The van der Waals surface area contributed by atoms with Gasteiger partial charge in [0.1, 0.15) is 22.1 Å². The second kappa shape index (κ2) is 13.1.